The van der Waals surface area contributed by atoms with Gasteiger partial charge in [-0.3, -0.25) is 4.79 Å². The van der Waals surface area contributed by atoms with Crippen LogP contribution in [0.4, 0.5) is 0 Å². The molecule has 0 aliphatic heterocycles. The minimum Gasteiger partial charge on any atom is -0.356 e. The summed E-state index contributed by atoms with van der Waals surface area (Å²) in [7, 11) is 1.91. The normalized spacial score (nSPS) is 10.3. The lowest BCUT2D eigenvalue weighted by atomic mass is 10.1. The second kappa shape index (κ2) is 9.00. The topological polar surface area (TPSA) is 41.1 Å². The van der Waals surface area contributed by atoms with Crippen LogP contribution in [-0.4, -0.2) is 26.0 Å². The summed E-state index contributed by atoms with van der Waals surface area (Å²) in [6.07, 6.45) is 2.32. The molecule has 3 nitrogen and oxygen atoms in total. The average molecular weight is 266 g/mol. The summed E-state index contributed by atoms with van der Waals surface area (Å²) < 4.78 is 0. The van der Waals surface area contributed by atoms with Gasteiger partial charge in [0.25, 0.3) is 0 Å². The van der Waals surface area contributed by atoms with Gasteiger partial charge in [0.1, 0.15) is 0 Å². The number of carbonyl (C=O) groups excluding carboxylic acids is 1. The molecule has 0 spiro atoms. The van der Waals surface area contributed by atoms with Crippen LogP contribution in [0.15, 0.2) is 24.3 Å². The number of rotatable bonds is 8. The highest BCUT2D eigenvalue weighted by Crippen LogP contribution is 2.08. The molecule has 0 heterocycles. The summed E-state index contributed by atoms with van der Waals surface area (Å²) in [6, 6.07) is 8.26. The summed E-state index contributed by atoms with van der Waals surface area (Å²) in [5.41, 5.74) is 2.41. The highest BCUT2D eigenvalue weighted by Gasteiger charge is 2.01. The van der Waals surface area contributed by atoms with Crippen molar-refractivity contribution in [1.82, 2.24) is 10.6 Å². The Kier molecular flexibility index (Phi) is 7.53. The van der Waals surface area contributed by atoms with Crippen molar-refractivity contribution in [2.24, 2.45) is 0 Å². The van der Waals surface area contributed by atoms with Gasteiger partial charge in [0.05, 0.1) is 0 Å². The zero-order valence-corrected chi connectivity index (χ0v) is 11.8. The smallest absolute Gasteiger partial charge is 0.220 e. The Balaban J connectivity index is 2.20. The molecule has 1 rings (SSSR count). The fourth-order valence-electron chi connectivity index (χ4n) is 1.65. The Morgan fingerprint density at radius 3 is 2.44 bits per heavy atom. The van der Waals surface area contributed by atoms with Crippen LogP contribution in [0.25, 0.3) is 0 Å². The number of nitrogens with one attached hydrogen (secondary N) is 2. The fraction of sp³-hybridized carbons (Fsp3) is 0.500. The molecule has 0 aliphatic rings. The van der Waals surface area contributed by atoms with E-state index in [2.05, 4.69) is 47.5 Å². The third-order valence-corrected chi connectivity index (χ3v) is 3.14. The van der Waals surface area contributed by atoms with Crippen LogP contribution in [0.5, 0.6) is 0 Å². The van der Waals surface area contributed by atoms with Crippen LogP contribution >= 0.6 is 12.6 Å². The first-order valence-corrected chi connectivity index (χ1v) is 6.99. The second-order valence-corrected chi connectivity index (χ2v) is 4.60. The van der Waals surface area contributed by atoms with Gasteiger partial charge in [-0.25, -0.2) is 0 Å². The van der Waals surface area contributed by atoms with E-state index in [-0.39, 0.29) is 5.91 Å². The van der Waals surface area contributed by atoms with Crippen LogP contribution in [-0.2, 0) is 17.0 Å². The quantitative estimate of drug-likeness (QED) is 0.496. The van der Waals surface area contributed by atoms with Gasteiger partial charge in [-0.15, -0.1) is 0 Å². The molecule has 0 fully saturated rings. The van der Waals surface area contributed by atoms with Gasteiger partial charge in [0.15, 0.2) is 0 Å². The summed E-state index contributed by atoms with van der Waals surface area (Å²) in [5, 5.41) is 5.97. The number of aryl methyl sites for hydroxylation is 1. The van der Waals surface area contributed by atoms with Crippen molar-refractivity contribution in [2.75, 3.05) is 20.1 Å². The first-order chi connectivity index (χ1) is 8.76. The Labute approximate surface area is 115 Å². The van der Waals surface area contributed by atoms with E-state index in [0.29, 0.717) is 6.42 Å². The van der Waals surface area contributed by atoms with E-state index >= 15 is 0 Å². The first kappa shape index (κ1) is 15.1. The molecule has 0 aromatic heterocycles. The molecule has 2 N–H and O–H groups in total. The highest BCUT2D eigenvalue weighted by molar-refractivity contribution is 7.79. The van der Waals surface area contributed by atoms with Crippen LogP contribution < -0.4 is 10.6 Å². The van der Waals surface area contributed by atoms with E-state index in [1.165, 1.54) is 11.1 Å². The fourth-order valence-corrected chi connectivity index (χ4v) is 1.86. The molecule has 1 aromatic carbocycles. The number of carbonyl (C=O) groups is 1. The number of benzene rings is 1. The Morgan fingerprint density at radius 1 is 1.17 bits per heavy atom. The largest absolute Gasteiger partial charge is 0.356 e. The second-order valence-electron chi connectivity index (χ2n) is 4.28. The molecule has 18 heavy (non-hydrogen) atoms. The highest BCUT2D eigenvalue weighted by atomic mass is 32.1. The number of hydrogen-bond donors (Lipinski definition) is 3. The van der Waals surface area contributed by atoms with Gasteiger partial charge < -0.3 is 10.6 Å². The molecule has 1 amide bonds. The van der Waals surface area contributed by atoms with Crippen molar-refractivity contribution in [2.45, 2.75) is 25.0 Å². The van der Waals surface area contributed by atoms with Gasteiger partial charge >= 0.3 is 0 Å². The average Bonchev–Trinajstić information content (AvgIpc) is 2.42. The lowest BCUT2D eigenvalue weighted by Crippen LogP contribution is -2.26. The minimum absolute atomic E-state index is 0.129. The molecule has 1 aromatic rings. The summed E-state index contributed by atoms with van der Waals surface area (Å²) >= 11 is 4.22. The van der Waals surface area contributed by atoms with Crippen molar-refractivity contribution >= 4 is 18.5 Å². The van der Waals surface area contributed by atoms with Gasteiger partial charge in [0, 0.05) is 18.7 Å². The van der Waals surface area contributed by atoms with E-state index in [4.69, 9.17) is 0 Å². The molecule has 0 saturated heterocycles. The number of thiol groups is 1. The lowest BCUT2D eigenvalue weighted by molar-refractivity contribution is -0.121. The maximum absolute atomic E-state index is 11.6. The molecular formula is C14H22N2OS. The van der Waals surface area contributed by atoms with E-state index in [1.807, 2.05) is 7.05 Å². The number of amides is 1. The maximum atomic E-state index is 11.6. The summed E-state index contributed by atoms with van der Waals surface area (Å²) in [6.45, 7) is 1.68. The van der Waals surface area contributed by atoms with Crippen molar-refractivity contribution in [3.63, 3.8) is 0 Å². The van der Waals surface area contributed by atoms with Gasteiger partial charge in [-0.2, -0.15) is 12.6 Å². The SMILES string of the molecule is CNCCCNC(=O)CCc1ccc(CS)cc1. The summed E-state index contributed by atoms with van der Waals surface area (Å²) in [5.74, 6) is 0.885. The predicted molar refractivity (Wildman–Crippen MR) is 79.0 cm³/mol. The third kappa shape index (κ3) is 6.07. The standard InChI is InChI=1S/C14H22N2OS/c1-15-9-2-10-16-14(17)8-7-12-3-5-13(11-18)6-4-12/h3-6,15,18H,2,7-11H2,1H3,(H,16,17). The third-order valence-electron chi connectivity index (χ3n) is 2.77. The molecule has 4 heteroatoms. The van der Waals surface area contributed by atoms with Crippen molar-refractivity contribution in [1.29, 1.82) is 0 Å². The first-order valence-electron chi connectivity index (χ1n) is 6.36. The molecule has 0 unspecified atom stereocenters. The molecule has 0 bridgehead atoms. The minimum atomic E-state index is 0.129. The summed E-state index contributed by atoms with van der Waals surface area (Å²) in [4.78, 5) is 11.6. The van der Waals surface area contributed by atoms with Crippen molar-refractivity contribution in [3.8, 4) is 0 Å². The monoisotopic (exact) mass is 266 g/mol. The molecule has 0 aliphatic carbocycles. The lowest BCUT2D eigenvalue weighted by Gasteiger charge is -2.05. The zero-order chi connectivity index (χ0) is 13.2. The van der Waals surface area contributed by atoms with Gasteiger partial charge in [0.2, 0.25) is 5.91 Å². The number of hydrogen-bond acceptors (Lipinski definition) is 3. The Morgan fingerprint density at radius 2 is 1.83 bits per heavy atom. The van der Waals surface area contributed by atoms with E-state index in [0.717, 1.165) is 31.7 Å². The van der Waals surface area contributed by atoms with Gasteiger partial charge in [-0.05, 0) is 37.6 Å². The van der Waals surface area contributed by atoms with Crippen molar-refractivity contribution in [3.05, 3.63) is 35.4 Å². The van der Waals surface area contributed by atoms with E-state index in [1.54, 1.807) is 0 Å². The van der Waals surface area contributed by atoms with E-state index < -0.39 is 0 Å². The van der Waals surface area contributed by atoms with Crippen molar-refractivity contribution < 1.29 is 4.79 Å². The Hall–Kier alpha value is -1.00. The Bertz CT molecular complexity index is 351. The predicted octanol–water partition coefficient (Wildman–Crippen LogP) is 1.77. The molecule has 0 atom stereocenters. The zero-order valence-electron chi connectivity index (χ0n) is 10.9. The molecule has 0 saturated carbocycles. The maximum Gasteiger partial charge on any atom is 0.220 e. The van der Waals surface area contributed by atoms with Gasteiger partial charge in [-0.1, -0.05) is 24.3 Å². The molecule has 100 valence electrons. The molecule has 0 radical (unpaired) electrons. The molecular weight excluding hydrogens is 244 g/mol. The van der Waals surface area contributed by atoms with Crippen LogP contribution in [0, 0.1) is 0 Å². The van der Waals surface area contributed by atoms with Crippen LogP contribution in [0.2, 0.25) is 0 Å². The van der Waals surface area contributed by atoms with Crippen LogP contribution in [0.3, 0.4) is 0 Å². The van der Waals surface area contributed by atoms with E-state index in [9.17, 15) is 4.79 Å². The van der Waals surface area contributed by atoms with Crippen LogP contribution in [0.1, 0.15) is 24.0 Å².